The fraction of sp³-hybridized carbons (Fsp3) is 0.176. The minimum atomic E-state index is -3.77. The maximum atomic E-state index is 14.6. The molecule has 3 rings (SSSR count). The molecule has 148 valence electrons. The van der Waals surface area contributed by atoms with Crippen molar-refractivity contribution in [1.29, 1.82) is 0 Å². The maximum absolute atomic E-state index is 14.6. The Morgan fingerprint density at radius 1 is 1.18 bits per heavy atom. The number of rotatable bonds is 6. The van der Waals surface area contributed by atoms with E-state index in [0.717, 1.165) is 16.6 Å². The molecule has 3 aromatic rings. The average Bonchev–Trinajstić information content (AvgIpc) is 3.11. The van der Waals surface area contributed by atoms with Crippen molar-refractivity contribution in [2.75, 3.05) is 10.6 Å². The first kappa shape index (κ1) is 20.2. The monoisotopic (exact) mass is 431 g/mol. The lowest BCUT2D eigenvalue weighted by atomic mass is 10.1. The SMILES string of the molecule is CS(=O)(=O)N(Cc1ccc(-c2nnc(C(F)F)o2)cc1F)c1ccccc1Cl. The third-order valence-electron chi connectivity index (χ3n) is 3.76. The highest BCUT2D eigenvalue weighted by molar-refractivity contribution is 7.92. The van der Waals surface area contributed by atoms with E-state index in [1.54, 1.807) is 12.1 Å². The zero-order valence-electron chi connectivity index (χ0n) is 14.3. The lowest BCUT2D eigenvalue weighted by Crippen LogP contribution is -2.30. The topological polar surface area (TPSA) is 76.3 Å². The van der Waals surface area contributed by atoms with Gasteiger partial charge in [0.1, 0.15) is 5.82 Å². The third kappa shape index (κ3) is 4.28. The van der Waals surface area contributed by atoms with Crippen molar-refractivity contribution in [1.82, 2.24) is 10.2 Å². The summed E-state index contributed by atoms with van der Waals surface area (Å²) in [4.78, 5) is 0. The summed E-state index contributed by atoms with van der Waals surface area (Å²) in [5, 5.41) is 6.82. The molecule has 0 aliphatic heterocycles. The Morgan fingerprint density at radius 2 is 1.89 bits per heavy atom. The van der Waals surface area contributed by atoms with E-state index in [1.807, 2.05) is 0 Å². The molecule has 6 nitrogen and oxygen atoms in total. The van der Waals surface area contributed by atoms with E-state index in [-0.39, 0.29) is 34.3 Å². The summed E-state index contributed by atoms with van der Waals surface area (Å²) in [5.74, 6) is -1.91. The lowest BCUT2D eigenvalue weighted by Gasteiger charge is -2.23. The zero-order valence-corrected chi connectivity index (χ0v) is 15.9. The van der Waals surface area contributed by atoms with E-state index in [0.29, 0.717) is 0 Å². The van der Waals surface area contributed by atoms with Crippen LogP contribution in [0.3, 0.4) is 0 Å². The van der Waals surface area contributed by atoms with Gasteiger partial charge in [-0.05, 0) is 24.3 Å². The Kier molecular flexibility index (Phi) is 5.61. The Hall–Kier alpha value is -2.59. The van der Waals surface area contributed by atoms with Gasteiger partial charge in [-0.1, -0.05) is 29.8 Å². The molecule has 0 N–H and O–H groups in total. The maximum Gasteiger partial charge on any atom is 0.314 e. The van der Waals surface area contributed by atoms with Crippen LogP contribution in [0.5, 0.6) is 0 Å². The number of hydrogen-bond donors (Lipinski definition) is 0. The number of halogens is 4. The van der Waals surface area contributed by atoms with Crippen molar-refractivity contribution in [3.05, 3.63) is 64.8 Å². The van der Waals surface area contributed by atoms with Crippen LogP contribution in [0, 0.1) is 5.82 Å². The van der Waals surface area contributed by atoms with Gasteiger partial charge >= 0.3 is 6.43 Å². The predicted octanol–water partition coefficient (Wildman–Crippen LogP) is 4.43. The molecule has 0 amide bonds. The molecule has 28 heavy (non-hydrogen) atoms. The van der Waals surface area contributed by atoms with E-state index in [2.05, 4.69) is 10.2 Å². The zero-order chi connectivity index (χ0) is 20.5. The smallest absolute Gasteiger partial charge is 0.314 e. The van der Waals surface area contributed by atoms with Gasteiger partial charge in [-0.3, -0.25) is 4.31 Å². The van der Waals surface area contributed by atoms with Gasteiger partial charge in [-0.25, -0.2) is 12.8 Å². The number of nitrogens with zero attached hydrogens (tertiary/aromatic N) is 3. The number of hydrogen-bond acceptors (Lipinski definition) is 5. The van der Waals surface area contributed by atoms with Gasteiger partial charge in [0.25, 0.3) is 5.89 Å². The second kappa shape index (κ2) is 7.80. The second-order valence-electron chi connectivity index (χ2n) is 5.77. The Bertz CT molecular complexity index is 1110. The second-order valence-corrected chi connectivity index (χ2v) is 8.09. The quantitative estimate of drug-likeness (QED) is 0.577. The molecule has 0 saturated heterocycles. The van der Waals surface area contributed by atoms with Gasteiger partial charge in [0.2, 0.25) is 15.9 Å². The van der Waals surface area contributed by atoms with Gasteiger partial charge in [0, 0.05) is 11.1 Å². The number of anilines is 1. The lowest BCUT2D eigenvalue weighted by molar-refractivity contribution is 0.116. The molecule has 0 saturated carbocycles. The number of alkyl halides is 2. The molecule has 0 atom stereocenters. The molecule has 0 aliphatic carbocycles. The number of para-hydroxylation sites is 1. The first-order chi connectivity index (χ1) is 13.2. The summed E-state index contributed by atoms with van der Waals surface area (Å²) >= 11 is 6.08. The van der Waals surface area contributed by atoms with Crippen LogP contribution >= 0.6 is 11.6 Å². The largest absolute Gasteiger partial charge is 0.415 e. The van der Waals surface area contributed by atoms with E-state index >= 15 is 0 Å². The van der Waals surface area contributed by atoms with E-state index in [1.165, 1.54) is 24.3 Å². The molecule has 0 radical (unpaired) electrons. The van der Waals surface area contributed by atoms with Gasteiger partial charge in [0.15, 0.2) is 0 Å². The first-order valence-electron chi connectivity index (χ1n) is 7.79. The average molecular weight is 432 g/mol. The third-order valence-corrected chi connectivity index (χ3v) is 5.21. The van der Waals surface area contributed by atoms with E-state index < -0.39 is 28.2 Å². The van der Waals surface area contributed by atoms with Crippen LogP contribution < -0.4 is 4.31 Å². The van der Waals surface area contributed by atoms with E-state index in [9.17, 15) is 21.6 Å². The molecule has 0 spiro atoms. The summed E-state index contributed by atoms with van der Waals surface area (Å²) in [6.45, 7) is -0.319. The number of aromatic nitrogens is 2. The molecule has 0 unspecified atom stereocenters. The van der Waals surface area contributed by atoms with Crippen molar-refractivity contribution in [2.45, 2.75) is 13.0 Å². The molecule has 0 fully saturated rings. The van der Waals surface area contributed by atoms with E-state index in [4.69, 9.17) is 16.0 Å². The summed E-state index contributed by atoms with van der Waals surface area (Å²) < 4.78 is 69.8. The predicted molar refractivity (Wildman–Crippen MR) is 97.1 cm³/mol. The van der Waals surface area contributed by atoms with Gasteiger partial charge < -0.3 is 4.42 Å². The first-order valence-corrected chi connectivity index (χ1v) is 10.0. The molecule has 1 aromatic heterocycles. The van der Waals surface area contributed by atoms with Crippen molar-refractivity contribution < 1.29 is 26.0 Å². The fourth-order valence-electron chi connectivity index (χ4n) is 2.44. The van der Waals surface area contributed by atoms with Crippen LogP contribution in [-0.2, 0) is 16.6 Å². The minimum Gasteiger partial charge on any atom is -0.415 e. The Labute approximate surface area is 163 Å². The fourth-order valence-corrected chi connectivity index (χ4v) is 3.62. The van der Waals surface area contributed by atoms with Crippen molar-refractivity contribution in [2.24, 2.45) is 0 Å². The Morgan fingerprint density at radius 3 is 2.46 bits per heavy atom. The van der Waals surface area contributed by atoms with Crippen molar-refractivity contribution >= 4 is 27.3 Å². The minimum absolute atomic E-state index is 0.0442. The molecule has 1 heterocycles. The molecule has 11 heteroatoms. The molecular weight excluding hydrogens is 419 g/mol. The highest BCUT2D eigenvalue weighted by Crippen LogP contribution is 2.30. The summed E-state index contributed by atoms with van der Waals surface area (Å²) in [6.07, 6.45) is -1.96. The van der Waals surface area contributed by atoms with Gasteiger partial charge in [-0.15, -0.1) is 10.2 Å². The molecule has 2 aromatic carbocycles. The number of sulfonamides is 1. The number of benzene rings is 2. The van der Waals surface area contributed by atoms with Gasteiger partial charge in [0.05, 0.1) is 23.5 Å². The highest BCUT2D eigenvalue weighted by Gasteiger charge is 2.22. The van der Waals surface area contributed by atoms with Crippen molar-refractivity contribution in [3.63, 3.8) is 0 Å². The molecule has 0 aliphatic rings. The van der Waals surface area contributed by atoms with Crippen LogP contribution in [-0.4, -0.2) is 24.9 Å². The van der Waals surface area contributed by atoms with Crippen LogP contribution in [0.2, 0.25) is 5.02 Å². The summed E-state index contributed by atoms with van der Waals surface area (Å²) in [5.41, 5.74) is 0.334. The normalized spacial score (nSPS) is 11.8. The van der Waals surface area contributed by atoms with Crippen LogP contribution in [0.25, 0.3) is 11.5 Å². The molecular formula is C17H13ClF3N3O3S. The van der Waals surface area contributed by atoms with Crippen molar-refractivity contribution in [3.8, 4) is 11.5 Å². The Balaban J connectivity index is 1.93. The molecule has 0 bridgehead atoms. The summed E-state index contributed by atoms with van der Waals surface area (Å²) in [7, 11) is -3.77. The standard InChI is InChI=1S/C17H13ClF3N3O3S/c1-28(25,26)24(14-5-3-2-4-12(14)18)9-11-7-6-10(8-13(11)19)16-22-23-17(27-16)15(20)21/h2-8,15H,9H2,1H3. The van der Waals surface area contributed by atoms with Crippen LogP contribution in [0.4, 0.5) is 18.9 Å². The van der Waals surface area contributed by atoms with Gasteiger partial charge in [-0.2, -0.15) is 8.78 Å². The summed E-state index contributed by atoms with van der Waals surface area (Å²) in [6, 6.07) is 9.95. The highest BCUT2D eigenvalue weighted by atomic mass is 35.5. The van der Waals surface area contributed by atoms with Crippen LogP contribution in [0.1, 0.15) is 17.9 Å². The van der Waals surface area contributed by atoms with Crippen LogP contribution in [0.15, 0.2) is 46.9 Å².